The van der Waals surface area contributed by atoms with Gasteiger partial charge in [0.1, 0.15) is 5.75 Å². The first kappa shape index (κ1) is 17.2. The van der Waals surface area contributed by atoms with Crippen LogP contribution in [0.5, 0.6) is 5.75 Å². The van der Waals surface area contributed by atoms with Crippen LogP contribution in [0.3, 0.4) is 0 Å². The second-order valence-electron chi connectivity index (χ2n) is 6.82. The zero-order valence-electron chi connectivity index (χ0n) is 15.0. The van der Waals surface area contributed by atoms with Crippen molar-refractivity contribution >= 4 is 11.6 Å². The summed E-state index contributed by atoms with van der Waals surface area (Å²) in [5.41, 5.74) is 8.39. The molecule has 0 atom stereocenters. The Labute approximate surface area is 148 Å². The van der Waals surface area contributed by atoms with Gasteiger partial charge < -0.3 is 4.74 Å². The summed E-state index contributed by atoms with van der Waals surface area (Å²) < 4.78 is 5.74. The highest BCUT2D eigenvalue weighted by Gasteiger charge is 2.16. The van der Waals surface area contributed by atoms with E-state index in [1.54, 1.807) is 0 Å². The number of nitrogens with one attached hydrogen (secondary N) is 1. The quantitative estimate of drug-likeness (QED) is 0.845. The molecule has 1 amide bonds. The van der Waals surface area contributed by atoms with Crippen molar-refractivity contribution in [2.45, 2.75) is 39.5 Å². The molecule has 25 heavy (non-hydrogen) atoms. The summed E-state index contributed by atoms with van der Waals surface area (Å²) in [5.74, 6) is 0.877. The summed E-state index contributed by atoms with van der Waals surface area (Å²) >= 11 is 0. The minimum Gasteiger partial charge on any atom is -0.483 e. The van der Waals surface area contributed by atoms with Crippen LogP contribution in [0.4, 0.5) is 0 Å². The lowest BCUT2D eigenvalue weighted by Crippen LogP contribution is -2.26. The fourth-order valence-electron chi connectivity index (χ4n) is 3.04. The van der Waals surface area contributed by atoms with Gasteiger partial charge >= 0.3 is 0 Å². The number of carbonyl (C=O) groups excluding carboxylic acids is 1. The SMILES string of the molecule is Cc1ccc(C(C)C)c(OCC(=O)NN=C2Cc3ccccc3C2)c1. The first-order valence-electron chi connectivity index (χ1n) is 8.67. The van der Waals surface area contributed by atoms with Gasteiger partial charge in [-0.2, -0.15) is 5.10 Å². The number of ether oxygens (including phenoxy) is 1. The fraction of sp³-hybridized carbons (Fsp3) is 0.333. The van der Waals surface area contributed by atoms with E-state index < -0.39 is 0 Å². The summed E-state index contributed by atoms with van der Waals surface area (Å²) in [6.45, 7) is 6.20. The van der Waals surface area contributed by atoms with Crippen LogP contribution in [0.25, 0.3) is 0 Å². The highest BCUT2D eigenvalue weighted by molar-refractivity contribution is 5.93. The molecule has 0 saturated heterocycles. The van der Waals surface area contributed by atoms with Crippen molar-refractivity contribution in [2.24, 2.45) is 5.10 Å². The highest BCUT2D eigenvalue weighted by atomic mass is 16.5. The minimum absolute atomic E-state index is 0.0348. The largest absolute Gasteiger partial charge is 0.483 e. The zero-order chi connectivity index (χ0) is 17.8. The summed E-state index contributed by atoms with van der Waals surface area (Å²) in [6.07, 6.45) is 1.60. The summed E-state index contributed by atoms with van der Waals surface area (Å²) in [5, 5.41) is 4.26. The van der Waals surface area contributed by atoms with Gasteiger partial charge in [0.25, 0.3) is 5.91 Å². The maximum Gasteiger partial charge on any atom is 0.277 e. The van der Waals surface area contributed by atoms with E-state index in [1.165, 1.54) is 11.1 Å². The van der Waals surface area contributed by atoms with Crippen LogP contribution in [-0.4, -0.2) is 18.2 Å². The van der Waals surface area contributed by atoms with Gasteiger partial charge in [-0.25, -0.2) is 5.43 Å². The first-order valence-corrected chi connectivity index (χ1v) is 8.67. The molecule has 0 bridgehead atoms. The zero-order valence-corrected chi connectivity index (χ0v) is 15.0. The number of hydrogen-bond donors (Lipinski definition) is 1. The summed E-state index contributed by atoms with van der Waals surface area (Å²) in [6, 6.07) is 14.4. The number of carbonyl (C=O) groups is 1. The van der Waals surface area contributed by atoms with Crippen LogP contribution in [0.15, 0.2) is 47.6 Å². The lowest BCUT2D eigenvalue weighted by molar-refractivity contribution is -0.123. The molecule has 130 valence electrons. The number of rotatable bonds is 5. The van der Waals surface area contributed by atoms with Gasteiger partial charge in [0.05, 0.1) is 0 Å². The number of amides is 1. The van der Waals surface area contributed by atoms with Gasteiger partial charge in [-0.3, -0.25) is 4.79 Å². The van der Waals surface area contributed by atoms with E-state index in [0.717, 1.165) is 35.4 Å². The molecule has 3 rings (SSSR count). The second-order valence-corrected chi connectivity index (χ2v) is 6.82. The van der Waals surface area contributed by atoms with E-state index in [0.29, 0.717) is 5.92 Å². The van der Waals surface area contributed by atoms with Crippen LogP contribution < -0.4 is 10.2 Å². The minimum atomic E-state index is -0.236. The molecule has 1 N–H and O–H groups in total. The van der Waals surface area contributed by atoms with Crippen LogP contribution in [0.2, 0.25) is 0 Å². The molecule has 4 nitrogen and oxygen atoms in total. The van der Waals surface area contributed by atoms with E-state index in [-0.39, 0.29) is 12.5 Å². The Kier molecular flexibility index (Phi) is 5.17. The molecular weight excluding hydrogens is 312 g/mol. The average molecular weight is 336 g/mol. The molecule has 0 aliphatic heterocycles. The van der Waals surface area contributed by atoms with Crippen LogP contribution >= 0.6 is 0 Å². The van der Waals surface area contributed by atoms with E-state index >= 15 is 0 Å². The van der Waals surface area contributed by atoms with Gasteiger partial charge in [-0.15, -0.1) is 0 Å². The van der Waals surface area contributed by atoms with Crippen LogP contribution in [0, 0.1) is 6.92 Å². The normalized spacial score (nSPS) is 12.9. The molecule has 0 unspecified atom stereocenters. The van der Waals surface area contributed by atoms with Gasteiger partial charge in [0, 0.05) is 18.6 Å². The monoisotopic (exact) mass is 336 g/mol. The maximum atomic E-state index is 12.1. The predicted octanol–water partition coefficient (Wildman–Crippen LogP) is 3.77. The molecule has 0 spiro atoms. The summed E-state index contributed by atoms with van der Waals surface area (Å²) in [4.78, 5) is 12.1. The lowest BCUT2D eigenvalue weighted by atomic mass is 10.0. The van der Waals surface area contributed by atoms with E-state index in [4.69, 9.17) is 4.74 Å². The fourth-order valence-corrected chi connectivity index (χ4v) is 3.04. The Morgan fingerprint density at radius 1 is 1.16 bits per heavy atom. The van der Waals surface area contributed by atoms with Gasteiger partial charge in [0.2, 0.25) is 0 Å². The Balaban J connectivity index is 1.56. The van der Waals surface area contributed by atoms with E-state index in [2.05, 4.69) is 48.6 Å². The Morgan fingerprint density at radius 3 is 2.48 bits per heavy atom. The summed E-state index contributed by atoms with van der Waals surface area (Å²) in [7, 11) is 0. The molecule has 0 aromatic heterocycles. The predicted molar refractivity (Wildman–Crippen MR) is 100 cm³/mol. The number of hydrazone groups is 1. The Morgan fingerprint density at radius 2 is 1.84 bits per heavy atom. The maximum absolute atomic E-state index is 12.1. The van der Waals surface area contributed by atoms with Gasteiger partial charge in [0.15, 0.2) is 6.61 Å². The molecule has 0 saturated carbocycles. The second kappa shape index (κ2) is 7.51. The Bertz CT molecular complexity index is 782. The van der Waals surface area contributed by atoms with Crippen LogP contribution in [0.1, 0.15) is 42.0 Å². The molecule has 0 radical (unpaired) electrons. The smallest absolute Gasteiger partial charge is 0.277 e. The molecule has 4 heteroatoms. The van der Waals surface area contributed by atoms with E-state index in [1.807, 2.05) is 25.1 Å². The van der Waals surface area contributed by atoms with Crippen molar-refractivity contribution in [1.82, 2.24) is 5.43 Å². The highest BCUT2D eigenvalue weighted by Crippen LogP contribution is 2.27. The molecule has 1 aliphatic rings. The van der Waals surface area contributed by atoms with Crippen molar-refractivity contribution in [2.75, 3.05) is 6.61 Å². The third-order valence-electron chi connectivity index (χ3n) is 4.40. The first-order chi connectivity index (χ1) is 12.0. The molecule has 2 aromatic carbocycles. The van der Waals surface area contributed by atoms with Crippen molar-refractivity contribution in [3.05, 3.63) is 64.7 Å². The van der Waals surface area contributed by atoms with Crippen molar-refractivity contribution in [3.63, 3.8) is 0 Å². The van der Waals surface area contributed by atoms with E-state index in [9.17, 15) is 4.79 Å². The third-order valence-corrected chi connectivity index (χ3v) is 4.40. The van der Waals surface area contributed by atoms with Gasteiger partial charge in [-0.1, -0.05) is 50.2 Å². The van der Waals surface area contributed by atoms with Gasteiger partial charge in [-0.05, 0) is 41.2 Å². The number of fused-ring (bicyclic) bond motifs is 1. The number of hydrogen-bond acceptors (Lipinski definition) is 3. The molecule has 0 fully saturated rings. The molecular formula is C21H24N2O2. The molecule has 0 heterocycles. The molecule has 2 aromatic rings. The van der Waals surface area contributed by atoms with Crippen molar-refractivity contribution in [3.8, 4) is 5.75 Å². The topological polar surface area (TPSA) is 50.7 Å². The van der Waals surface area contributed by atoms with Crippen molar-refractivity contribution in [1.29, 1.82) is 0 Å². The molecule has 1 aliphatic carbocycles. The van der Waals surface area contributed by atoms with Crippen molar-refractivity contribution < 1.29 is 9.53 Å². The van der Waals surface area contributed by atoms with Crippen LogP contribution in [-0.2, 0) is 17.6 Å². The standard InChI is InChI=1S/C21H24N2O2/c1-14(2)19-9-8-15(3)10-20(19)25-13-21(24)23-22-18-11-16-6-4-5-7-17(16)12-18/h4-10,14H,11-13H2,1-3H3,(H,23,24). The number of nitrogens with zero attached hydrogens (tertiary/aromatic N) is 1. The average Bonchev–Trinajstić information content (AvgIpc) is 3.01. The lowest BCUT2D eigenvalue weighted by Gasteiger charge is -2.14. The Hall–Kier alpha value is -2.62. The number of aryl methyl sites for hydroxylation is 1. The number of benzene rings is 2. The third kappa shape index (κ3) is 4.27.